The third kappa shape index (κ3) is 5.95. The lowest BCUT2D eigenvalue weighted by atomic mass is 10.3. The summed E-state index contributed by atoms with van der Waals surface area (Å²) >= 11 is 0. The Labute approximate surface area is 103 Å². The van der Waals surface area contributed by atoms with Crippen LogP contribution in [0.25, 0.3) is 0 Å². The minimum Gasteiger partial charge on any atom is -0.494 e. The van der Waals surface area contributed by atoms with Crippen LogP contribution in [0.1, 0.15) is 32.6 Å². The molecular weight excluding hydrogens is 216 g/mol. The zero-order valence-electron chi connectivity index (χ0n) is 10.3. The Morgan fingerprint density at radius 2 is 1.59 bits per heavy atom. The molecule has 0 N–H and O–H groups in total. The maximum absolute atomic E-state index is 10.00. The molecule has 0 aliphatic heterocycles. The third-order valence-corrected chi connectivity index (χ3v) is 2.31. The van der Waals surface area contributed by atoms with Crippen molar-refractivity contribution in [1.29, 1.82) is 0 Å². The van der Waals surface area contributed by atoms with Crippen LogP contribution in [0.15, 0.2) is 24.3 Å². The molecule has 0 fully saturated rings. The lowest BCUT2D eigenvalue weighted by molar-refractivity contribution is 0.303. The highest BCUT2D eigenvalue weighted by Gasteiger charge is 1.96. The standard InChI is InChI=1S/C14H19O3/c1-2-3-4-11-16-13-6-8-14(9-7-13)17-12-5-10-15/h6-9H,2-5,11-12H2,1H3. The molecule has 0 aliphatic rings. The molecule has 0 unspecified atom stereocenters. The van der Waals surface area contributed by atoms with Gasteiger partial charge in [0.05, 0.1) is 13.2 Å². The normalized spacial score (nSPS) is 9.94. The fraction of sp³-hybridized carbons (Fsp3) is 0.500. The molecule has 0 saturated carbocycles. The molecule has 93 valence electrons. The molecule has 0 aliphatic carbocycles. The molecule has 0 atom stereocenters. The molecule has 3 heteroatoms. The Bertz CT molecular complexity index is 306. The highest BCUT2D eigenvalue weighted by Crippen LogP contribution is 2.17. The number of carbonyl (C=O) groups excluding carboxylic acids is 1. The average molecular weight is 235 g/mol. The number of hydrogen-bond acceptors (Lipinski definition) is 3. The van der Waals surface area contributed by atoms with Gasteiger partial charge >= 0.3 is 0 Å². The van der Waals surface area contributed by atoms with Crippen LogP contribution in [0, 0.1) is 0 Å². The van der Waals surface area contributed by atoms with Crippen molar-refractivity contribution in [3.05, 3.63) is 24.3 Å². The van der Waals surface area contributed by atoms with Gasteiger partial charge in [0.2, 0.25) is 6.29 Å². The highest BCUT2D eigenvalue weighted by atomic mass is 16.5. The molecule has 0 heterocycles. The fourth-order valence-electron chi connectivity index (χ4n) is 1.38. The summed E-state index contributed by atoms with van der Waals surface area (Å²) in [4.78, 5) is 10.00. The molecule has 1 aromatic carbocycles. The molecule has 0 amide bonds. The Hall–Kier alpha value is -1.51. The number of benzene rings is 1. The number of ether oxygens (including phenoxy) is 2. The summed E-state index contributed by atoms with van der Waals surface area (Å²) in [5.41, 5.74) is 0. The Morgan fingerprint density at radius 3 is 2.12 bits per heavy atom. The molecule has 3 nitrogen and oxygen atoms in total. The summed E-state index contributed by atoms with van der Waals surface area (Å²) < 4.78 is 10.9. The van der Waals surface area contributed by atoms with E-state index in [1.54, 1.807) is 6.29 Å². The zero-order valence-corrected chi connectivity index (χ0v) is 10.3. The Morgan fingerprint density at radius 1 is 1.00 bits per heavy atom. The van der Waals surface area contributed by atoms with Gasteiger partial charge in [-0.3, -0.25) is 4.79 Å². The summed E-state index contributed by atoms with van der Waals surface area (Å²) in [5, 5.41) is 0. The lowest BCUT2D eigenvalue weighted by Gasteiger charge is -2.07. The molecule has 0 bridgehead atoms. The van der Waals surface area contributed by atoms with E-state index in [9.17, 15) is 4.79 Å². The lowest BCUT2D eigenvalue weighted by Crippen LogP contribution is -1.99. The van der Waals surface area contributed by atoms with Gasteiger partial charge in [-0.2, -0.15) is 0 Å². The van der Waals surface area contributed by atoms with Crippen molar-refractivity contribution < 1.29 is 14.3 Å². The smallest absolute Gasteiger partial charge is 0.201 e. The van der Waals surface area contributed by atoms with Gasteiger partial charge in [-0.1, -0.05) is 19.8 Å². The zero-order chi connectivity index (χ0) is 12.3. The van der Waals surface area contributed by atoms with Gasteiger partial charge in [0.25, 0.3) is 0 Å². The molecule has 0 saturated heterocycles. The van der Waals surface area contributed by atoms with Crippen LogP contribution in [-0.2, 0) is 4.79 Å². The number of rotatable bonds is 9. The molecule has 17 heavy (non-hydrogen) atoms. The highest BCUT2D eigenvalue weighted by molar-refractivity contribution is 5.50. The summed E-state index contributed by atoms with van der Waals surface area (Å²) in [5.74, 6) is 1.61. The van der Waals surface area contributed by atoms with Crippen LogP contribution in [0.2, 0.25) is 0 Å². The first-order chi connectivity index (χ1) is 8.36. The van der Waals surface area contributed by atoms with Crippen LogP contribution in [0.4, 0.5) is 0 Å². The van der Waals surface area contributed by atoms with Crippen LogP contribution in [-0.4, -0.2) is 19.5 Å². The van der Waals surface area contributed by atoms with E-state index < -0.39 is 0 Å². The molecular formula is C14H19O3. The predicted octanol–water partition coefficient (Wildman–Crippen LogP) is 3.13. The number of hydrogen-bond donors (Lipinski definition) is 0. The van der Waals surface area contributed by atoms with Crippen molar-refractivity contribution in [2.24, 2.45) is 0 Å². The SMILES string of the molecule is CCCCCOc1ccc(OCC[C]=O)cc1. The van der Waals surface area contributed by atoms with Crippen LogP contribution >= 0.6 is 0 Å². The van der Waals surface area contributed by atoms with Gasteiger partial charge in [-0.05, 0) is 30.7 Å². The second-order valence-corrected chi connectivity index (χ2v) is 3.77. The van der Waals surface area contributed by atoms with Gasteiger partial charge in [0.1, 0.15) is 11.5 Å². The predicted molar refractivity (Wildman–Crippen MR) is 67.3 cm³/mol. The van der Waals surface area contributed by atoms with Gasteiger partial charge < -0.3 is 9.47 Å². The van der Waals surface area contributed by atoms with Crippen molar-refractivity contribution in [3.8, 4) is 11.5 Å². The maximum Gasteiger partial charge on any atom is 0.201 e. The third-order valence-electron chi connectivity index (χ3n) is 2.31. The molecule has 0 aromatic heterocycles. The van der Waals surface area contributed by atoms with E-state index in [1.165, 1.54) is 12.8 Å². The monoisotopic (exact) mass is 235 g/mol. The van der Waals surface area contributed by atoms with E-state index in [4.69, 9.17) is 9.47 Å². The van der Waals surface area contributed by atoms with E-state index in [-0.39, 0.29) is 0 Å². The van der Waals surface area contributed by atoms with Crippen LogP contribution in [0.5, 0.6) is 11.5 Å². The summed E-state index contributed by atoms with van der Waals surface area (Å²) in [6.07, 6.45) is 5.57. The molecule has 1 aromatic rings. The second-order valence-electron chi connectivity index (χ2n) is 3.77. The van der Waals surface area contributed by atoms with Crippen molar-refractivity contribution in [3.63, 3.8) is 0 Å². The van der Waals surface area contributed by atoms with Gasteiger partial charge in [-0.15, -0.1) is 0 Å². The Kier molecular flexibility index (Phi) is 6.87. The van der Waals surface area contributed by atoms with Crippen LogP contribution in [0.3, 0.4) is 0 Å². The van der Waals surface area contributed by atoms with Crippen molar-refractivity contribution >= 4 is 6.29 Å². The van der Waals surface area contributed by atoms with E-state index in [2.05, 4.69) is 6.92 Å². The van der Waals surface area contributed by atoms with Crippen molar-refractivity contribution in [2.75, 3.05) is 13.2 Å². The summed E-state index contributed by atoms with van der Waals surface area (Å²) in [6.45, 7) is 3.30. The quantitative estimate of drug-likeness (QED) is 0.617. The molecule has 1 rings (SSSR count). The first-order valence-electron chi connectivity index (χ1n) is 6.07. The van der Waals surface area contributed by atoms with E-state index in [1.807, 2.05) is 24.3 Å². The summed E-state index contributed by atoms with van der Waals surface area (Å²) in [7, 11) is 0. The van der Waals surface area contributed by atoms with Crippen molar-refractivity contribution in [1.82, 2.24) is 0 Å². The summed E-state index contributed by atoms with van der Waals surface area (Å²) in [6, 6.07) is 7.46. The number of unbranched alkanes of at least 4 members (excludes halogenated alkanes) is 2. The van der Waals surface area contributed by atoms with Gasteiger partial charge in [0.15, 0.2) is 0 Å². The van der Waals surface area contributed by atoms with E-state index in [0.29, 0.717) is 13.0 Å². The maximum atomic E-state index is 10.00. The van der Waals surface area contributed by atoms with E-state index in [0.717, 1.165) is 24.5 Å². The van der Waals surface area contributed by atoms with Gasteiger partial charge in [0, 0.05) is 6.42 Å². The topological polar surface area (TPSA) is 35.5 Å². The molecule has 0 spiro atoms. The van der Waals surface area contributed by atoms with Gasteiger partial charge in [-0.25, -0.2) is 0 Å². The Balaban J connectivity index is 2.26. The largest absolute Gasteiger partial charge is 0.494 e. The first kappa shape index (κ1) is 13.6. The average Bonchev–Trinajstić information content (AvgIpc) is 2.37. The minimum absolute atomic E-state index is 0.301. The van der Waals surface area contributed by atoms with E-state index >= 15 is 0 Å². The first-order valence-corrected chi connectivity index (χ1v) is 6.07. The minimum atomic E-state index is 0.301. The van der Waals surface area contributed by atoms with Crippen molar-refractivity contribution in [2.45, 2.75) is 32.6 Å². The molecule has 1 radical (unpaired) electrons. The fourth-order valence-corrected chi connectivity index (χ4v) is 1.38. The van der Waals surface area contributed by atoms with Crippen LogP contribution < -0.4 is 9.47 Å². The second kappa shape index (κ2) is 8.62.